The lowest BCUT2D eigenvalue weighted by Gasteiger charge is -2.17. The predicted octanol–water partition coefficient (Wildman–Crippen LogP) is 0.828. The van der Waals surface area contributed by atoms with Crippen LogP contribution in [0.2, 0.25) is 0 Å². The van der Waals surface area contributed by atoms with Gasteiger partial charge in [-0.05, 0) is 18.9 Å². The number of aliphatic hydroxyl groups excluding tert-OH is 1. The highest BCUT2D eigenvalue weighted by molar-refractivity contribution is 5.24. The molecular weight excluding hydrogens is 138 g/mol. The smallest absolute Gasteiger partial charge is 0.0577 e. The third kappa shape index (κ3) is 2.17. The van der Waals surface area contributed by atoms with Crippen molar-refractivity contribution in [3.63, 3.8) is 0 Å². The molecule has 2 atom stereocenters. The van der Waals surface area contributed by atoms with Gasteiger partial charge in [-0.3, -0.25) is 0 Å². The Labute approximate surface area is 67.4 Å². The summed E-state index contributed by atoms with van der Waals surface area (Å²) in [6.07, 6.45) is 6.80. The molecule has 0 aromatic rings. The van der Waals surface area contributed by atoms with Crippen LogP contribution in [0.25, 0.3) is 0 Å². The highest BCUT2D eigenvalue weighted by Crippen LogP contribution is 2.18. The lowest BCUT2D eigenvalue weighted by Crippen LogP contribution is -2.16. The van der Waals surface area contributed by atoms with E-state index in [-0.39, 0.29) is 12.0 Å². The van der Waals surface area contributed by atoms with Gasteiger partial charge in [0.15, 0.2) is 0 Å². The minimum absolute atomic E-state index is 0.248. The molecule has 0 fully saturated rings. The van der Waals surface area contributed by atoms with E-state index in [2.05, 4.69) is 6.08 Å². The summed E-state index contributed by atoms with van der Waals surface area (Å²) in [5.41, 5.74) is 6.61. The predicted molar refractivity (Wildman–Crippen MR) is 46.1 cm³/mol. The third-order valence-electron chi connectivity index (χ3n) is 2.07. The van der Waals surface area contributed by atoms with Gasteiger partial charge in [0.2, 0.25) is 0 Å². The summed E-state index contributed by atoms with van der Waals surface area (Å²) in [6, 6.07) is 0. The first-order chi connectivity index (χ1) is 5.24. The minimum Gasteiger partial charge on any atom is -0.393 e. The summed E-state index contributed by atoms with van der Waals surface area (Å²) >= 11 is 0. The Kier molecular flexibility index (Phi) is 2.85. The van der Waals surface area contributed by atoms with Crippen molar-refractivity contribution < 1.29 is 5.11 Å². The second kappa shape index (κ2) is 3.69. The molecule has 0 spiro atoms. The van der Waals surface area contributed by atoms with Gasteiger partial charge < -0.3 is 10.8 Å². The summed E-state index contributed by atoms with van der Waals surface area (Å²) < 4.78 is 0. The van der Waals surface area contributed by atoms with Crippen LogP contribution in [0.4, 0.5) is 0 Å². The Bertz CT molecular complexity index is 182. The van der Waals surface area contributed by atoms with Crippen LogP contribution >= 0.6 is 0 Å². The molecule has 0 bridgehead atoms. The van der Waals surface area contributed by atoms with E-state index in [0.717, 1.165) is 6.42 Å². The van der Waals surface area contributed by atoms with Crippen LogP contribution in [-0.4, -0.2) is 17.8 Å². The van der Waals surface area contributed by atoms with Crippen LogP contribution in [0.5, 0.6) is 0 Å². The van der Waals surface area contributed by atoms with Crippen molar-refractivity contribution >= 4 is 0 Å². The highest BCUT2D eigenvalue weighted by Gasteiger charge is 2.12. The van der Waals surface area contributed by atoms with E-state index in [9.17, 15) is 5.11 Å². The molecule has 0 aliphatic heterocycles. The molecule has 2 unspecified atom stereocenters. The molecule has 62 valence electrons. The van der Waals surface area contributed by atoms with Gasteiger partial charge in [0.1, 0.15) is 0 Å². The molecule has 0 heterocycles. The van der Waals surface area contributed by atoms with E-state index in [1.807, 2.05) is 19.1 Å². The second-order valence-corrected chi connectivity index (χ2v) is 2.98. The Morgan fingerprint density at radius 2 is 2.55 bits per heavy atom. The number of aliphatic hydroxyl groups is 1. The summed E-state index contributed by atoms with van der Waals surface area (Å²) in [7, 11) is 0. The van der Waals surface area contributed by atoms with Gasteiger partial charge in [-0.1, -0.05) is 18.2 Å². The van der Waals surface area contributed by atoms with Gasteiger partial charge in [-0.25, -0.2) is 0 Å². The molecule has 2 nitrogen and oxygen atoms in total. The average molecular weight is 153 g/mol. The van der Waals surface area contributed by atoms with Gasteiger partial charge in [0, 0.05) is 12.5 Å². The number of allylic oxidation sites excluding steroid dienone is 1. The van der Waals surface area contributed by atoms with Crippen molar-refractivity contribution in [3.05, 3.63) is 23.8 Å². The Morgan fingerprint density at radius 1 is 1.82 bits per heavy atom. The molecule has 2 heteroatoms. The van der Waals surface area contributed by atoms with Crippen molar-refractivity contribution in [1.82, 2.24) is 0 Å². The topological polar surface area (TPSA) is 46.2 Å². The van der Waals surface area contributed by atoms with Crippen molar-refractivity contribution in [2.75, 3.05) is 6.54 Å². The van der Waals surface area contributed by atoms with Crippen molar-refractivity contribution in [1.29, 1.82) is 0 Å². The Balaban J connectivity index is 2.50. The molecule has 0 radical (unpaired) electrons. The minimum atomic E-state index is -0.248. The maximum absolute atomic E-state index is 9.22. The Morgan fingerprint density at radius 3 is 2.91 bits per heavy atom. The summed E-state index contributed by atoms with van der Waals surface area (Å²) in [6.45, 7) is 2.42. The monoisotopic (exact) mass is 153 g/mol. The highest BCUT2D eigenvalue weighted by atomic mass is 16.3. The van der Waals surface area contributed by atoms with E-state index >= 15 is 0 Å². The SMILES string of the molecule is CC(O)C1C=CC(CN)=CC1. The lowest BCUT2D eigenvalue weighted by molar-refractivity contribution is 0.149. The van der Waals surface area contributed by atoms with Crippen LogP contribution in [0.3, 0.4) is 0 Å². The standard InChI is InChI=1S/C9H15NO/c1-7(11)9-4-2-8(6-10)3-5-9/h2-4,7,9,11H,5-6,10H2,1H3. The lowest BCUT2D eigenvalue weighted by atomic mass is 9.93. The normalized spacial score (nSPS) is 26.5. The van der Waals surface area contributed by atoms with Crippen LogP contribution in [0, 0.1) is 5.92 Å². The zero-order chi connectivity index (χ0) is 8.27. The molecule has 11 heavy (non-hydrogen) atoms. The largest absolute Gasteiger partial charge is 0.393 e. The molecule has 0 aromatic heterocycles. The molecule has 3 N–H and O–H groups in total. The summed E-state index contributed by atoms with van der Waals surface area (Å²) in [4.78, 5) is 0. The molecule has 0 saturated carbocycles. The van der Waals surface area contributed by atoms with Gasteiger partial charge in [0.05, 0.1) is 6.10 Å². The molecule has 0 saturated heterocycles. The van der Waals surface area contributed by atoms with E-state index in [4.69, 9.17) is 5.73 Å². The molecule has 1 aliphatic carbocycles. The van der Waals surface area contributed by atoms with Crippen molar-refractivity contribution in [3.8, 4) is 0 Å². The number of hydrogen-bond donors (Lipinski definition) is 2. The average Bonchev–Trinajstić information content (AvgIpc) is 2.05. The first-order valence-corrected chi connectivity index (χ1v) is 3.99. The second-order valence-electron chi connectivity index (χ2n) is 2.98. The zero-order valence-corrected chi connectivity index (χ0v) is 6.83. The van der Waals surface area contributed by atoms with E-state index in [1.165, 1.54) is 5.57 Å². The van der Waals surface area contributed by atoms with Gasteiger partial charge >= 0.3 is 0 Å². The zero-order valence-electron chi connectivity index (χ0n) is 6.83. The van der Waals surface area contributed by atoms with Gasteiger partial charge in [-0.15, -0.1) is 0 Å². The number of nitrogens with two attached hydrogens (primary N) is 1. The van der Waals surface area contributed by atoms with Crippen LogP contribution in [-0.2, 0) is 0 Å². The molecule has 0 aromatic carbocycles. The fourth-order valence-electron chi connectivity index (χ4n) is 1.19. The first-order valence-electron chi connectivity index (χ1n) is 3.99. The third-order valence-corrected chi connectivity index (χ3v) is 2.07. The van der Waals surface area contributed by atoms with E-state index in [1.54, 1.807) is 0 Å². The fraction of sp³-hybridized carbons (Fsp3) is 0.556. The van der Waals surface area contributed by atoms with Crippen molar-refractivity contribution in [2.45, 2.75) is 19.4 Å². The van der Waals surface area contributed by atoms with E-state index in [0.29, 0.717) is 6.54 Å². The van der Waals surface area contributed by atoms with Crippen molar-refractivity contribution in [2.24, 2.45) is 11.7 Å². The maximum atomic E-state index is 9.22. The Hall–Kier alpha value is -0.600. The maximum Gasteiger partial charge on any atom is 0.0577 e. The van der Waals surface area contributed by atoms with Gasteiger partial charge in [0.25, 0.3) is 0 Å². The summed E-state index contributed by atoms with van der Waals surface area (Å²) in [5.74, 6) is 0.283. The van der Waals surface area contributed by atoms with Crippen LogP contribution < -0.4 is 5.73 Å². The fourth-order valence-corrected chi connectivity index (χ4v) is 1.19. The summed E-state index contributed by atoms with van der Waals surface area (Å²) in [5, 5.41) is 9.22. The molecule has 1 rings (SSSR count). The molecular formula is C9H15NO. The molecule has 1 aliphatic rings. The van der Waals surface area contributed by atoms with Gasteiger partial charge in [-0.2, -0.15) is 0 Å². The van der Waals surface area contributed by atoms with Crippen LogP contribution in [0.15, 0.2) is 23.8 Å². The number of hydrogen-bond acceptors (Lipinski definition) is 2. The first kappa shape index (κ1) is 8.50. The van der Waals surface area contributed by atoms with E-state index < -0.39 is 0 Å². The van der Waals surface area contributed by atoms with Crippen LogP contribution in [0.1, 0.15) is 13.3 Å². The molecule has 0 amide bonds. The number of rotatable bonds is 2. The quantitative estimate of drug-likeness (QED) is 0.617.